The van der Waals surface area contributed by atoms with E-state index in [1.807, 2.05) is 72.8 Å². The van der Waals surface area contributed by atoms with Crippen LogP contribution in [0, 0.1) is 0 Å². The highest BCUT2D eigenvalue weighted by Gasteiger charge is 2.28. The number of fused-ring (bicyclic) bond motifs is 3. The Morgan fingerprint density at radius 3 is 2.48 bits per heavy atom. The molecule has 0 spiro atoms. The third kappa shape index (κ3) is 2.58. The number of para-hydroxylation sites is 1. The summed E-state index contributed by atoms with van der Waals surface area (Å²) in [6.07, 6.45) is 1.39. The topological polar surface area (TPSA) is 72.7 Å². The summed E-state index contributed by atoms with van der Waals surface area (Å²) in [6.45, 7) is 0. The quantitative estimate of drug-likeness (QED) is 0.598. The summed E-state index contributed by atoms with van der Waals surface area (Å²) in [5.41, 5.74) is 3.25. The fourth-order valence-electron chi connectivity index (χ4n) is 3.29. The lowest BCUT2D eigenvalue weighted by Gasteiger charge is -2.29. The van der Waals surface area contributed by atoms with Crippen LogP contribution in [0.25, 0.3) is 22.6 Å². The number of aromatic nitrogens is 4. The molecule has 1 N–H and O–H groups in total. The minimum Gasteiger partial charge on any atom is -0.358 e. The van der Waals surface area contributed by atoms with Crippen molar-refractivity contribution in [1.82, 2.24) is 19.7 Å². The van der Waals surface area contributed by atoms with Crippen LogP contribution < -0.4 is 10.9 Å². The van der Waals surface area contributed by atoms with Crippen LogP contribution in [-0.4, -0.2) is 19.7 Å². The summed E-state index contributed by atoms with van der Waals surface area (Å²) < 4.78 is 1.74. The summed E-state index contributed by atoms with van der Waals surface area (Å²) in [5.74, 6) is 0.532. The van der Waals surface area contributed by atoms with Gasteiger partial charge in [-0.05, 0) is 24.3 Å². The van der Waals surface area contributed by atoms with Gasteiger partial charge in [0.05, 0.1) is 5.69 Å². The molecule has 6 heteroatoms. The van der Waals surface area contributed by atoms with E-state index in [0.29, 0.717) is 11.5 Å². The van der Waals surface area contributed by atoms with Gasteiger partial charge in [0.1, 0.15) is 0 Å². The molecule has 5 rings (SSSR count). The number of nitrogens with zero attached hydrogens (tertiary/aromatic N) is 4. The van der Waals surface area contributed by atoms with E-state index in [1.165, 1.54) is 0 Å². The molecule has 1 atom stereocenters. The van der Waals surface area contributed by atoms with Gasteiger partial charge in [0.25, 0.3) is 5.56 Å². The van der Waals surface area contributed by atoms with E-state index < -0.39 is 0 Å². The van der Waals surface area contributed by atoms with Crippen LogP contribution in [-0.2, 0) is 0 Å². The molecule has 0 fully saturated rings. The third-order valence-corrected chi connectivity index (χ3v) is 4.55. The van der Waals surface area contributed by atoms with Crippen LogP contribution in [0.4, 0.5) is 5.69 Å². The second-order valence-corrected chi connectivity index (χ2v) is 6.25. The number of hydrogen-bond donors (Lipinski definition) is 1. The van der Waals surface area contributed by atoms with Crippen molar-refractivity contribution in [3.05, 3.63) is 95.0 Å². The highest BCUT2D eigenvalue weighted by Crippen LogP contribution is 2.35. The number of nitrogens with one attached hydrogen (secondary N) is 1. The summed E-state index contributed by atoms with van der Waals surface area (Å²) in [5, 5.41) is 8.14. The van der Waals surface area contributed by atoms with Crippen molar-refractivity contribution in [1.29, 1.82) is 0 Å². The predicted octanol–water partition coefficient (Wildman–Crippen LogP) is 3.34. The highest BCUT2D eigenvalue weighted by atomic mass is 16.1. The van der Waals surface area contributed by atoms with Gasteiger partial charge >= 0.3 is 0 Å². The molecule has 0 saturated heterocycles. The Morgan fingerprint density at radius 1 is 0.889 bits per heavy atom. The van der Waals surface area contributed by atoms with E-state index in [1.54, 1.807) is 10.9 Å². The Morgan fingerprint density at radius 2 is 1.67 bits per heavy atom. The van der Waals surface area contributed by atoms with Gasteiger partial charge < -0.3 is 5.32 Å². The first kappa shape index (κ1) is 15.5. The van der Waals surface area contributed by atoms with Gasteiger partial charge in [-0.3, -0.25) is 9.78 Å². The number of benzene rings is 2. The highest BCUT2D eigenvalue weighted by molar-refractivity contribution is 5.76. The molecule has 0 saturated carbocycles. The van der Waals surface area contributed by atoms with Crippen LogP contribution in [0.15, 0.2) is 83.8 Å². The smallest absolute Gasteiger partial charge is 0.300 e. The molecule has 27 heavy (non-hydrogen) atoms. The third-order valence-electron chi connectivity index (χ3n) is 4.55. The molecule has 130 valence electrons. The first-order valence-electron chi connectivity index (χ1n) is 8.64. The van der Waals surface area contributed by atoms with Crippen LogP contribution >= 0.6 is 0 Å². The molecule has 2 aromatic heterocycles. The molecule has 2 aromatic carbocycles. The number of hydrogen-bond acceptors (Lipinski definition) is 5. The van der Waals surface area contributed by atoms with Gasteiger partial charge in [-0.1, -0.05) is 48.5 Å². The van der Waals surface area contributed by atoms with E-state index >= 15 is 0 Å². The number of pyridine rings is 1. The molecule has 1 aliphatic heterocycles. The van der Waals surface area contributed by atoms with Crippen molar-refractivity contribution in [2.45, 2.75) is 6.17 Å². The summed E-state index contributed by atoms with van der Waals surface area (Å²) in [6, 6.07) is 22.9. The van der Waals surface area contributed by atoms with E-state index in [2.05, 4.69) is 20.4 Å². The van der Waals surface area contributed by atoms with Gasteiger partial charge in [-0.2, -0.15) is 10.1 Å². The summed E-state index contributed by atoms with van der Waals surface area (Å²) in [7, 11) is 0. The average Bonchev–Trinajstić information content (AvgIpc) is 2.74. The normalized spacial score (nSPS) is 14.7. The van der Waals surface area contributed by atoms with Crippen molar-refractivity contribution in [2.75, 3.05) is 5.32 Å². The van der Waals surface area contributed by atoms with E-state index in [0.717, 1.165) is 22.5 Å². The molecule has 3 heterocycles. The number of anilines is 1. The zero-order chi connectivity index (χ0) is 18.2. The van der Waals surface area contributed by atoms with Crippen LogP contribution in [0.1, 0.15) is 11.9 Å². The Kier molecular flexibility index (Phi) is 3.53. The first-order chi connectivity index (χ1) is 13.3. The molecular weight excluding hydrogens is 338 g/mol. The zero-order valence-electron chi connectivity index (χ0n) is 14.3. The van der Waals surface area contributed by atoms with Gasteiger partial charge in [-0.25, -0.2) is 4.68 Å². The molecule has 1 aliphatic rings. The van der Waals surface area contributed by atoms with Crippen LogP contribution in [0.5, 0.6) is 0 Å². The maximum Gasteiger partial charge on any atom is 0.300 e. The summed E-state index contributed by atoms with van der Waals surface area (Å²) >= 11 is 0. The molecule has 6 nitrogen and oxygen atoms in total. The van der Waals surface area contributed by atoms with Gasteiger partial charge in [0, 0.05) is 23.0 Å². The van der Waals surface area contributed by atoms with Gasteiger partial charge in [0.15, 0.2) is 17.7 Å². The van der Waals surface area contributed by atoms with E-state index in [9.17, 15) is 4.79 Å². The Balaban J connectivity index is 1.78. The maximum atomic E-state index is 12.7. The van der Waals surface area contributed by atoms with Crippen molar-refractivity contribution >= 4 is 5.69 Å². The Hall–Kier alpha value is -3.80. The molecule has 0 aliphatic carbocycles. The van der Waals surface area contributed by atoms with Crippen molar-refractivity contribution in [3.8, 4) is 22.6 Å². The van der Waals surface area contributed by atoms with E-state index in [-0.39, 0.29) is 11.7 Å². The Bertz CT molecular complexity index is 1170. The molecular formula is C21H15N5O. The monoisotopic (exact) mass is 353 g/mol. The minimum atomic E-state index is -0.355. The van der Waals surface area contributed by atoms with Crippen LogP contribution in [0.3, 0.4) is 0 Å². The SMILES string of the molecule is O=c1nc2n(nc1-c1ccccc1)[C@@H](c1ccccn1)Nc1ccccc1-2. The fourth-order valence-corrected chi connectivity index (χ4v) is 3.29. The summed E-state index contributed by atoms with van der Waals surface area (Å²) in [4.78, 5) is 21.6. The lowest BCUT2D eigenvalue weighted by atomic mass is 10.1. The predicted molar refractivity (Wildman–Crippen MR) is 103 cm³/mol. The van der Waals surface area contributed by atoms with Gasteiger partial charge in [0.2, 0.25) is 0 Å². The average molecular weight is 353 g/mol. The Labute approximate surface area is 155 Å². The lowest BCUT2D eigenvalue weighted by molar-refractivity contribution is 0.538. The second kappa shape index (κ2) is 6.17. The maximum absolute atomic E-state index is 12.7. The second-order valence-electron chi connectivity index (χ2n) is 6.25. The molecule has 0 radical (unpaired) electrons. The lowest BCUT2D eigenvalue weighted by Crippen LogP contribution is -2.32. The molecule has 4 aromatic rings. The molecule has 0 amide bonds. The minimum absolute atomic E-state index is 0.321. The van der Waals surface area contributed by atoms with Crippen molar-refractivity contribution in [3.63, 3.8) is 0 Å². The standard InChI is InChI=1S/C21H15N5O/c27-21-18(14-8-2-1-3-9-14)25-26-19(24-21)15-10-4-5-11-16(15)23-20(26)17-12-6-7-13-22-17/h1-13,20,23H/t20-/m0/s1. The molecule has 0 unspecified atom stereocenters. The largest absolute Gasteiger partial charge is 0.358 e. The van der Waals surface area contributed by atoms with Gasteiger partial charge in [-0.15, -0.1) is 0 Å². The van der Waals surface area contributed by atoms with Crippen molar-refractivity contribution < 1.29 is 0 Å². The van der Waals surface area contributed by atoms with Crippen molar-refractivity contribution in [2.24, 2.45) is 0 Å². The number of rotatable bonds is 2. The van der Waals surface area contributed by atoms with E-state index in [4.69, 9.17) is 0 Å². The van der Waals surface area contributed by atoms with Crippen LogP contribution in [0.2, 0.25) is 0 Å². The first-order valence-corrected chi connectivity index (χ1v) is 8.64. The zero-order valence-corrected chi connectivity index (χ0v) is 14.3. The molecule has 0 bridgehead atoms. The fraction of sp³-hybridized carbons (Fsp3) is 0.0476.